The predicted octanol–water partition coefficient (Wildman–Crippen LogP) is 3.89. The highest BCUT2D eigenvalue weighted by molar-refractivity contribution is 7.10. The Kier molecular flexibility index (Phi) is 3.70. The maximum absolute atomic E-state index is 6.22. The molecule has 1 aliphatic carbocycles. The molecule has 0 bridgehead atoms. The first-order valence-electron chi connectivity index (χ1n) is 5.62. The van der Waals surface area contributed by atoms with Crippen molar-refractivity contribution in [2.24, 2.45) is 5.92 Å². The molecule has 1 N–H and O–H groups in total. The second kappa shape index (κ2) is 4.86. The fraction of sp³-hybridized carbons (Fsp3) is 0.667. The molecule has 84 valence electrons. The molecule has 15 heavy (non-hydrogen) atoms. The highest BCUT2D eigenvalue weighted by atomic mass is 35.5. The van der Waals surface area contributed by atoms with Gasteiger partial charge in [-0.05, 0) is 49.6 Å². The van der Waals surface area contributed by atoms with E-state index >= 15 is 0 Å². The van der Waals surface area contributed by atoms with Crippen molar-refractivity contribution in [3.63, 3.8) is 0 Å². The minimum Gasteiger partial charge on any atom is -0.317 e. The molecule has 3 unspecified atom stereocenters. The normalized spacial score (nSPS) is 31.8. The second-order valence-corrected chi connectivity index (χ2v) is 5.87. The van der Waals surface area contributed by atoms with E-state index in [2.05, 4.69) is 24.7 Å². The molecule has 1 aromatic rings. The number of hydrogen-bond donors (Lipinski definition) is 1. The van der Waals surface area contributed by atoms with Gasteiger partial charge >= 0.3 is 0 Å². The molecule has 0 radical (unpaired) electrons. The van der Waals surface area contributed by atoms with E-state index in [-0.39, 0.29) is 0 Å². The number of nitrogens with one attached hydrogen (secondary N) is 1. The smallest absolute Gasteiger partial charge is 0.0547 e. The van der Waals surface area contributed by atoms with Gasteiger partial charge < -0.3 is 5.32 Å². The zero-order chi connectivity index (χ0) is 10.8. The quantitative estimate of drug-likeness (QED) is 0.831. The summed E-state index contributed by atoms with van der Waals surface area (Å²) in [5.74, 6) is 1.43. The molecule has 0 spiro atoms. The van der Waals surface area contributed by atoms with Gasteiger partial charge in [0.1, 0.15) is 0 Å². The first-order chi connectivity index (χ1) is 7.22. The Labute approximate surface area is 101 Å². The third kappa shape index (κ3) is 2.38. The maximum atomic E-state index is 6.22. The van der Waals surface area contributed by atoms with E-state index in [0.717, 1.165) is 10.9 Å². The lowest BCUT2D eigenvalue weighted by molar-refractivity contribution is 0.280. The van der Waals surface area contributed by atoms with Gasteiger partial charge in [0.2, 0.25) is 0 Å². The summed E-state index contributed by atoms with van der Waals surface area (Å²) in [6.07, 6.45) is 3.85. The Morgan fingerprint density at radius 3 is 2.87 bits per heavy atom. The van der Waals surface area contributed by atoms with Gasteiger partial charge in [-0.2, -0.15) is 0 Å². The standard InChI is InChI=1S/C12H18ClNS/c1-8-3-4-9(14-2)7-10(8)12-11(13)5-6-15-12/h5-6,8-10,14H,3-4,7H2,1-2H3. The summed E-state index contributed by atoms with van der Waals surface area (Å²) in [6, 6.07) is 2.70. The van der Waals surface area contributed by atoms with E-state index in [0.29, 0.717) is 12.0 Å². The van der Waals surface area contributed by atoms with Crippen molar-refractivity contribution in [1.82, 2.24) is 5.32 Å². The van der Waals surface area contributed by atoms with Crippen LogP contribution >= 0.6 is 22.9 Å². The van der Waals surface area contributed by atoms with Crippen LogP contribution in [0.5, 0.6) is 0 Å². The first kappa shape index (κ1) is 11.4. The number of thiophene rings is 1. The van der Waals surface area contributed by atoms with Crippen molar-refractivity contribution in [3.8, 4) is 0 Å². The van der Waals surface area contributed by atoms with Crippen LogP contribution in [0.3, 0.4) is 0 Å². The molecule has 3 heteroatoms. The number of rotatable bonds is 2. The molecule has 2 rings (SSSR count). The van der Waals surface area contributed by atoms with Crippen molar-refractivity contribution in [1.29, 1.82) is 0 Å². The van der Waals surface area contributed by atoms with Gasteiger partial charge in [0.25, 0.3) is 0 Å². The third-order valence-corrected chi connectivity index (χ3v) is 5.08. The van der Waals surface area contributed by atoms with Crippen LogP contribution in [0.15, 0.2) is 11.4 Å². The van der Waals surface area contributed by atoms with Crippen LogP contribution in [0.2, 0.25) is 5.02 Å². The molecule has 1 nitrogen and oxygen atoms in total. The molecular weight excluding hydrogens is 226 g/mol. The van der Waals surface area contributed by atoms with E-state index < -0.39 is 0 Å². The topological polar surface area (TPSA) is 12.0 Å². The first-order valence-corrected chi connectivity index (χ1v) is 6.88. The number of hydrogen-bond acceptors (Lipinski definition) is 2. The Morgan fingerprint density at radius 1 is 1.47 bits per heavy atom. The Bertz CT molecular complexity index is 323. The van der Waals surface area contributed by atoms with Gasteiger partial charge in [0, 0.05) is 10.9 Å². The van der Waals surface area contributed by atoms with Gasteiger partial charge in [-0.25, -0.2) is 0 Å². The van der Waals surface area contributed by atoms with Crippen LogP contribution in [0.4, 0.5) is 0 Å². The van der Waals surface area contributed by atoms with Crippen molar-refractivity contribution in [3.05, 3.63) is 21.3 Å². The molecule has 1 fully saturated rings. The van der Waals surface area contributed by atoms with Crippen LogP contribution in [0, 0.1) is 5.92 Å². The van der Waals surface area contributed by atoms with Gasteiger partial charge in [-0.1, -0.05) is 18.5 Å². The Balaban J connectivity index is 2.16. The lowest BCUT2D eigenvalue weighted by atomic mass is 9.77. The van der Waals surface area contributed by atoms with Gasteiger partial charge in [0.15, 0.2) is 0 Å². The van der Waals surface area contributed by atoms with Crippen LogP contribution in [-0.2, 0) is 0 Å². The Morgan fingerprint density at radius 2 is 2.27 bits per heavy atom. The van der Waals surface area contributed by atoms with Crippen molar-refractivity contribution < 1.29 is 0 Å². The zero-order valence-corrected chi connectivity index (χ0v) is 10.9. The molecule has 1 aromatic heterocycles. The molecule has 0 saturated heterocycles. The summed E-state index contributed by atoms with van der Waals surface area (Å²) in [6.45, 7) is 2.35. The molecule has 1 heterocycles. The summed E-state index contributed by atoms with van der Waals surface area (Å²) < 4.78 is 0. The number of halogens is 1. The van der Waals surface area contributed by atoms with Gasteiger partial charge in [0.05, 0.1) is 5.02 Å². The van der Waals surface area contributed by atoms with Crippen molar-refractivity contribution in [2.45, 2.75) is 38.1 Å². The minimum atomic E-state index is 0.656. The summed E-state index contributed by atoms with van der Waals surface area (Å²) in [5, 5.41) is 6.47. The summed E-state index contributed by atoms with van der Waals surface area (Å²) >= 11 is 8.03. The average molecular weight is 244 g/mol. The van der Waals surface area contributed by atoms with Crippen LogP contribution in [0.25, 0.3) is 0 Å². The van der Waals surface area contributed by atoms with Gasteiger partial charge in [-0.3, -0.25) is 0 Å². The minimum absolute atomic E-state index is 0.656. The van der Waals surface area contributed by atoms with E-state index in [4.69, 9.17) is 11.6 Å². The molecular formula is C12H18ClNS. The van der Waals surface area contributed by atoms with E-state index in [1.165, 1.54) is 24.1 Å². The molecule has 0 aromatic carbocycles. The molecule has 3 atom stereocenters. The van der Waals surface area contributed by atoms with Crippen LogP contribution in [-0.4, -0.2) is 13.1 Å². The van der Waals surface area contributed by atoms with Gasteiger partial charge in [-0.15, -0.1) is 11.3 Å². The fourth-order valence-corrected chi connectivity index (χ4v) is 3.97. The van der Waals surface area contributed by atoms with Crippen molar-refractivity contribution in [2.75, 3.05) is 7.05 Å². The molecule has 0 amide bonds. The Hall–Kier alpha value is -0.0500. The second-order valence-electron chi connectivity index (χ2n) is 4.52. The van der Waals surface area contributed by atoms with Crippen LogP contribution < -0.4 is 5.32 Å². The largest absolute Gasteiger partial charge is 0.317 e. The predicted molar refractivity (Wildman–Crippen MR) is 67.9 cm³/mol. The van der Waals surface area contributed by atoms with Crippen molar-refractivity contribution >= 4 is 22.9 Å². The fourth-order valence-electron chi connectivity index (χ4n) is 2.52. The zero-order valence-electron chi connectivity index (χ0n) is 9.29. The molecule has 1 saturated carbocycles. The summed E-state index contributed by atoms with van der Waals surface area (Å²) in [5.41, 5.74) is 0. The molecule has 0 aliphatic heterocycles. The van der Waals surface area contributed by atoms with E-state index in [9.17, 15) is 0 Å². The summed E-state index contributed by atoms with van der Waals surface area (Å²) in [4.78, 5) is 1.39. The lowest BCUT2D eigenvalue weighted by Gasteiger charge is -2.33. The maximum Gasteiger partial charge on any atom is 0.0547 e. The SMILES string of the molecule is CNC1CCC(C)C(c2sccc2Cl)C1. The molecule has 1 aliphatic rings. The lowest BCUT2D eigenvalue weighted by Crippen LogP contribution is -2.33. The van der Waals surface area contributed by atoms with Crippen LogP contribution in [0.1, 0.15) is 37.0 Å². The third-order valence-electron chi connectivity index (χ3n) is 3.59. The highest BCUT2D eigenvalue weighted by Gasteiger charge is 2.29. The summed E-state index contributed by atoms with van der Waals surface area (Å²) in [7, 11) is 2.06. The monoisotopic (exact) mass is 243 g/mol. The highest BCUT2D eigenvalue weighted by Crippen LogP contribution is 2.42. The van der Waals surface area contributed by atoms with E-state index in [1.807, 2.05) is 17.4 Å². The average Bonchev–Trinajstić information content (AvgIpc) is 2.65. The van der Waals surface area contributed by atoms with E-state index in [1.54, 1.807) is 0 Å².